The fourth-order valence-electron chi connectivity index (χ4n) is 3.96. The standard InChI is InChI=1S/C25H34N2O6S/c1-13(2)26-23(29)17(12-34-7)27-20(28)11-31-19-10-18-16(8-9-25(5,6)33-18)22-21(19)14(3)15(4)24(30)32-22/h10,13,17H,8-9,11-12H2,1-7H3,(H,26,29)(H,27,28)/t17-/m0/s1. The average molecular weight is 491 g/mol. The summed E-state index contributed by atoms with van der Waals surface area (Å²) in [5.74, 6) is 0.775. The van der Waals surface area contributed by atoms with Gasteiger partial charge in [0.05, 0.1) is 5.39 Å². The smallest absolute Gasteiger partial charge is 0.339 e. The Morgan fingerprint density at radius 3 is 2.56 bits per heavy atom. The summed E-state index contributed by atoms with van der Waals surface area (Å²) in [6.45, 7) is 11.0. The van der Waals surface area contributed by atoms with Crippen molar-refractivity contribution in [3.63, 3.8) is 0 Å². The molecule has 34 heavy (non-hydrogen) atoms. The second-order valence-electron chi connectivity index (χ2n) is 9.58. The Morgan fingerprint density at radius 2 is 1.91 bits per heavy atom. The molecule has 0 saturated heterocycles. The lowest BCUT2D eigenvalue weighted by atomic mass is 9.92. The zero-order valence-corrected chi connectivity index (χ0v) is 21.7. The van der Waals surface area contributed by atoms with E-state index in [1.807, 2.05) is 40.9 Å². The number of thioether (sulfide) groups is 1. The Morgan fingerprint density at radius 1 is 1.21 bits per heavy atom. The minimum atomic E-state index is -0.667. The van der Waals surface area contributed by atoms with E-state index in [9.17, 15) is 14.4 Å². The third-order valence-electron chi connectivity index (χ3n) is 5.88. The van der Waals surface area contributed by atoms with E-state index in [4.69, 9.17) is 13.9 Å². The molecule has 2 amide bonds. The fraction of sp³-hybridized carbons (Fsp3) is 0.560. The number of hydrogen-bond donors (Lipinski definition) is 2. The third-order valence-corrected chi connectivity index (χ3v) is 6.55. The van der Waals surface area contributed by atoms with Gasteiger partial charge in [-0.25, -0.2) is 4.79 Å². The molecule has 1 aromatic carbocycles. The molecule has 1 atom stereocenters. The SMILES string of the molecule is CSC[C@H](NC(=O)COc1cc2c(c3oc(=O)c(C)c(C)c13)CCC(C)(C)O2)C(=O)NC(C)C. The van der Waals surface area contributed by atoms with Gasteiger partial charge in [0.15, 0.2) is 6.61 Å². The highest BCUT2D eigenvalue weighted by Gasteiger charge is 2.31. The lowest BCUT2D eigenvalue weighted by Crippen LogP contribution is -2.51. The van der Waals surface area contributed by atoms with E-state index in [2.05, 4.69) is 10.6 Å². The minimum absolute atomic E-state index is 0.0306. The van der Waals surface area contributed by atoms with Gasteiger partial charge in [0.2, 0.25) is 5.91 Å². The predicted molar refractivity (Wildman–Crippen MR) is 134 cm³/mol. The van der Waals surface area contributed by atoms with Gasteiger partial charge in [0, 0.05) is 29.0 Å². The van der Waals surface area contributed by atoms with Crippen LogP contribution in [-0.4, -0.2) is 48.1 Å². The van der Waals surface area contributed by atoms with Gasteiger partial charge < -0.3 is 24.5 Å². The Bertz CT molecular complexity index is 1150. The molecular weight excluding hydrogens is 456 g/mol. The highest BCUT2D eigenvalue weighted by atomic mass is 32.2. The van der Waals surface area contributed by atoms with Crippen LogP contribution in [0.5, 0.6) is 11.5 Å². The van der Waals surface area contributed by atoms with Crippen molar-refractivity contribution in [1.29, 1.82) is 0 Å². The van der Waals surface area contributed by atoms with Gasteiger partial charge in [0.1, 0.15) is 28.7 Å². The summed E-state index contributed by atoms with van der Waals surface area (Å²) in [5.41, 5.74) is 1.73. The van der Waals surface area contributed by atoms with Crippen LogP contribution < -0.4 is 25.7 Å². The van der Waals surface area contributed by atoms with Crippen molar-refractivity contribution < 1.29 is 23.5 Å². The Labute approximate surface area is 204 Å². The fourth-order valence-corrected chi connectivity index (χ4v) is 4.53. The molecule has 0 unspecified atom stereocenters. The number of carbonyl (C=O) groups excluding carboxylic acids is 2. The molecule has 0 saturated carbocycles. The van der Waals surface area contributed by atoms with Crippen molar-refractivity contribution in [2.45, 2.75) is 72.1 Å². The molecule has 186 valence electrons. The summed E-state index contributed by atoms with van der Waals surface area (Å²) in [5, 5.41) is 6.23. The summed E-state index contributed by atoms with van der Waals surface area (Å²) >= 11 is 1.47. The number of nitrogens with one attached hydrogen (secondary N) is 2. The largest absolute Gasteiger partial charge is 0.487 e. The highest BCUT2D eigenvalue weighted by Crippen LogP contribution is 2.43. The molecule has 2 N–H and O–H groups in total. The van der Waals surface area contributed by atoms with E-state index < -0.39 is 17.6 Å². The summed E-state index contributed by atoms with van der Waals surface area (Å²) in [6, 6.07) is 1.07. The van der Waals surface area contributed by atoms with E-state index in [1.165, 1.54) is 11.8 Å². The van der Waals surface area contributed by atoms with Gasteiger partial charge >= 0.3 is 5.63 Å². The van der Waals surface area contributed by atoms with Crippen LogP contribution in [0.15, 0.2) is 15.3 Å². The lowest BCUT2D eigenvalue weighted by molar-refractivity contribution is -0.129. The van der Waals surface area contributed by atoms with Crippen molar-refractivity contribution >= 4 is 34.5 Å². The quantitative estimate of drug-likeness (QED) is 0.547. The topological polar surface area (TPSA) is 107 Å². The van der Waals surface area contributed by atoms with Gasteiger partial charge in [-0.15, -0.1) is 0 Å². The van der Waals surface area contributed by atoms with Gasteiger partial charge in [-0.1, -0.05) is 0 Å². The first-order valence-electron chi connectivity index (χ1n) is 11.4. The number of ether oxygens (including phenoxy) is 2. The summed E-state index contributed by atoms with van der Waals surface area (Å²) in [4.78, 5) is 37.5. The maximum Gasteiger partial charge on any atom is 0.339 e. The number of benzene rings is 1. The van der Waals surface area contributed by atoms with Crippen LogP contribution in [0.2, 0.25) is 0 Å². The van der Waals surface area contributed by atoms with Crippen molar-refractivity contribution in [1.82, 2.24) is 10.6 Å². The van der Waals surface area contributed by atoms with Gasteiger partial charge in [-0.05, 0) is 66.2 Å². The van der Waals surface area contributed by atoms with Crippen LogP contribution in [0.25, 0.3) is 11.0 Å². The predicted octanol–water partition coefficient (Wildman–Crippen LogP) is 3.26. The third kappa shape index (κ3) is 5.68. The van der Waals surface area contributed by atoms with Crippen molar-refractivity contribution in [2.24, 2.45) is 0 Å². The first-order valence-corrected chi connectivity index (χ1v) is 12.8. The molecular formula is C25H34N2O6S. The molecule has 0 bridgehead atoms. The van der Waals surface area contributed by atoms with E-state index >= 15 is 0 Å². The lowest BCUT2D eigenvalue weighted by Gasteiger charge is -2.33. The number of fused-ring (bicyclic) bond motifs is 3. The van der Waals surface area contributed by atoms with E-state index in [0.29, 0.717) is 40.2 Å². The first-order chi connectivity index (χ1) is 15.9. The van der Waals surface area contributed by atoms with Crippen LogP contribution in [-0.2, 0) is 16.0 Å². The van der Waals surface area contributed by atoms with Gasteiger partial charge in [-0.2, -0.15) is 11.8 Å². The van der Waals surface area contributed by atoms with Crippen LogP contribution in [0, 0.1) is 13.8 Å². The average Bonchev–Trinajstić information content (AvgIpc) is 2.74. The number of hydrogen-bond acceptors (Lipinski definition) is 7. The molecule has 0 aliphatic carbocycles. The Balaban J connectivity index is 1.90. The van der Waals surface area contributed by atoms with Crippen molar-refractivity contribution in [3.8, 4) is 11.5 Å². The number of amides is 2. The zero-order chi connectivity index (χ0) is 25.2. The maximum absolute atomic E-state index is 12.7. The Hall–Kier alpha value is -2.68. The number of rotatable bonds is 8. The molecule has 9 heteroatoms. The molecule has 1 aromatic heterocycles. The summed E-state index contributed by atoms with van der Waals surface area (Å²) in [6.07, 6.45) is 3.36. The van der Waals surface area contributed by atoms with Gasteiger partial charge in [-0.3, -0.25) is 9.59 Å². The molecule has 0 spiro atoms. The number of carbonyl (C=O) groups is 2. The molecule has 3 rings (SSSR count). The van der Waals surface area contributed by atoms with E-state index in [1.54, 1.807) is 13.0 Å². The number of aryl methyl sites for hydroxylation is 2. The molecule has 2 heterocycles. The summed E-state index contributed by atoms with van der Waals surface area (Å²) < 4.78 is 17.8. The van der Waals surface area contributed by atoms with Crippen LogP contribution >= 0.6 is 11.8 Å². The molecule has 8 nitrogen and oxygen atoms in total. The van der Waals surface area contributed by atoms with Crippen LogP contribution in [0.3, 0.4) is 0 Å². The Kier molecular flexibility index (Phi) is 7.85. The highest BCUT2D eigenvalue weighted by molar-refractivity contribution is 7.98. The monoisotopic (exact) mass is 490 g/mol. The van der Waals surface area contributed by atoms with Crippen LogP contribution in [0.4, 0.5) is 0 Å². The van der Waals surface area contributed by atoms with Crippen LogP contribution in [0.1, 0.15) is 50.8 Å². The molecule has 2 aromatic rings. The van der Waals surface area contributed by atoms with Gasteiger partial charge in [0.25, 0.3) is 5.91 Å². The second kappa shape index (κ2) is 10.3. The van der Waals surface area contributed by atoms with E-state index in [-0.39, 0.29) is 24.2 Å². The van der Waals surface area contributed by atoms with E-state index in [0.717, 1.165) is 17.5 Å². The maximum atomic E-state index is 12.7. The second-order valence-corrected chi connectivity index (χ2v) is 10.5. The molecule has 0 radical (unpaired) electrons. The first kappa shape index (κ1) is 25.9. The molecule has 0 fully saturated rings. The minimum Gasteiger partial charge on any atom is -0.487 e. The summed E-state index contributed by atoms with van der Waals surface area (Å²) in [7, 11) is 0. The van der Waals surface area contributed by atoms with Crippen molar-refractivity contribution in [3.05, 3.63) is 33.2 Å². The van der Waals surface area contributed by atoms with Crippen molar-refractivity contribution in [2.75, 3.05) is 18.6 Å². The zero-order valence-electron chi connectivity index (χ0n) is 20.9. The molecule has 1 aliphatic heterocycles. The normalized spacial score (nSPS) is 15.4. The molecule has 1 aliphatic rings.